The van der Waals surface area contributed by atoms with Crippen LogP contribution in [-0.4, -0.2) is 11.9 Å². The van der Waals surface area contributed by atoms with Crippen LogP contribution in [0.5, 0.6) is 0 Å². The van der Waals surface area contributed by atoms with Crippen molar-refractivity contribution in [1.82, 2.24) is 0 Å². The first kappa shape index (κ1) is 11.5. The fraction of sp³-hybridized carbons (Fsp3) is 0.0667. The Morgan fingerprint density at radius 3 is 2.11 bits per heavy atom. The van der Waals surface area contributed by atoms with Crippen LogP contribution in [0.25, 0.3) is 11.1 Å². The van der Waals surface area contributed by atoms with Gasteiger partial charge in [-0.1, -0.05) is 59.7 Å². The van der Waals surface area contributed by atoms with Crippen LogP contribution in [0, 0.1) is 0 Å². The van der Waals surface area contributed by atoms with Gasteiger partial charge in [0.15, 0.2) is 5.84 Å². The molecular formula is C15H11N3O. The average Bonchev–Trinajstić information content (AvgIpc) is 2.86. The van der Waals surface area contributed by atoms with E-state index in [1.165, 1.54) is 5.56 Å². The minimum absolute atomic E-state index is 0.470. The number of azo groups is 1. The zero-order chi connectivity index (χ0) is 13.1. The molecule has 0 fully saturated rings. The van der Waals surface area contributed by atoms with Crippen molar-refractivity contribution in [2.75, 3.05) is 0 Å². The van der Waals surface area contributed by atoms with Gasteiger partial charge in [0, 0.05) is 6.42 Å². The molecule has 3 rings (SSSR count). The predicted octanol–water partition coefficient (Wildman–Crippen LogP) is 3.88. The van der Waals surface area contributed by atoms with Crippen LogP contribution < -0.4 is 0 Å². The molecule has 0 unspecified atom stereocenters. The molecule has 1 aliphatic rings. The third-order valence-electron chi connectivity index (χ3n) is 2.90. The molecular weight excluding hydrogens is 238 g/mol. The molecule has 0 atom stereocenters. The Labute approximate surface area is 110 Å². The molecule has 0 N–H and O–H groups in total. The van der Waals surface area contributed by atoms with Gasteiger partial charge in [-0.15, -0.1) is 5.11 Å². The SMILES string of the molecule is O=C1N=NC(Cc2ccc(-c3ccccc3)cc2)=N1. The molecule has 0 saturated carbocycles. The van der Waals surface area contributed by atoms with Crippen molar-refractivity contribution in [3.8, 4) is 11.1 Å². The summed E-state index contributed by atoms with van der Waals surface area (Å²) in [6.07, 6.45) is 0.532. The summed E-state index contributed by atoms with van der Waals surface area (Å²) in [4.78, 5) is 14.5. The van der Waals surface area contributed by atoms with E-state index in [4.69, 9.17) is 0 Å². The number of amides is 2. The van der Waals surface area contributed by atoms with Crippen LogP contribution >= 0.6 is 0 Å². The zero-order valence-electron chi connectivity index (χ0n) is 10.2. The first-order chi connectivity index (χ1) is 9.31. The second-order valence-electron chi connectivity index (χ2n) is 4.25. The van der Waals surface area contributed by atoms with E-state index in [1.54, 1.807) is 0 Å². The molecule has 2 amide bonds. The number of amidine groups is 1. The third kappa shape index (κ3) is 2.63. The first-order valence-electron chi connectivity index (χ1n) is 5.99. The van der Waals surface area contributed by atoms with E-state index in [2.05, 4.69) is 39.5 Å². The molecule has 0 aromatic heterocycles. The van der Waals surface area contributed by atoms with Crippen LogP contribution in [0.3, 0.4) is 0 Å². The smallest absolute Gasteiger partial charge is 0.242 e. The predicted molar refractivity (Wildman–Crippen MR) is 73.3 cm³/mol. The highest BCUT2D eigenvalue weighted by atomic mass is 16.2. The van der Waals surface area contributed by atoms with E-state index < -0.39 is 6.03 Å². The Kier molecular flexibility index (Phi) is 2.98. The number of hydrogen-bond acceptors (Lipinski definition) is 2. The Balaban J connectivity index is 1.78. The van der Waals surface area contributed by atoms with E-state index >= 15 is 0 Å². The van der Waals surface area contributed by atoms with Gasteiger partial charge < -0.3 is 0 Å². The summed E-state index contributed by atoms with van der Waals surface area (Å²) in [6.45, 7) is 0. The van der Waals surface area contributed by atoms with E-state index in [9.17, 15) is 4.79 Å². The van der Waals surface area contributed by atoms with Crippen molar-refractivity contribution in [1.29, 1.82) is 0 Å². The lowest BCUT2D eigenvalue weighted by Crippen LogP contribution is -1.97. The van der Waals surface area contributed by atoms with E-state index in [0.717, 1.165) is 11.1 Å². The lowest BCUT2D eigenvalue weighted by atomic mass is 10.0. The van der Waals surface area contributed by atoms with Crippen molar-refractivity contribution in [3.05, 3.63) is 60.2 Å². The number of carbonyl (C=O) groups is 1. The number of hydrogen-bond donors (Lipinski definition) is 0. The van der Waals surface area contributed by atoms with Crippen molar-refractivity contribution < 1.29 is 4.79 Å². The second kappa shape index (κ2) is 4.94. The molecule has 1 heterocycles. The molecule has 0 radical (unpaired) electrons. The maximum Gasteiger partial charge on any atom is 0.387 e. The Morgan fingerprint density at radius 2 is 1.47 bits per heavy atom. The number of aliphatic imine (C=N–C) groups is 1. The van der Waals surface area contributed by atoms with Crippen LogP contribution in [0.1, 0.15) is 5.56 Å². The maximum atomic E-state index is 10.8. The van der Waals surface area contributed by atoms with Crippen LogP contribution in [0.2, 0.25) is 0 Å². The largest absolute Gasteiger partial charge is 0.387 e. The van der Waals surface area contributed by atoms with E-state index in [0.29, 0.717) is 12.3 Å². The highest BCUT2D eigenvalue weighted by molar-refractivity contribution is 5.99. The number of rotatable bonds is 3. The normalized spacial score (nSPS) is 13.7. The van der Waals surface area contributed by atoms with Gasteiger partial charge >= 0.3 is 6.03 Å². The molecule has 4 heteroatoms. The fourth-order valence-electron chi connectivity index (χ4n) is 1.96. The van der Waals surface area contributed by atoms with Crippen LogP contribution in [0.4, 0.5) is 4.79 Å². The topological polar surface area (TPSA) is 54.1 Å². The van der Waals surface area contributed by atoms with Gasteiger partial charge in [-0.25, -0.2) is 4.79 Å². The standard InChI is InChI=1S/C15H11N3O/c19-15-16-14(17-18-15)10-11-6-8-13(9-7-11)12-4-2-1-3-5-12/h1-9H,10H2. The summed E-state index contributed by atoms with van der Waals surface area (Å²) in [7, 11) is 0. The summed E-state index contributed by atoms with van der Waals surface area (Å²) in [5.41, 5.74) is 3.41. The van der Waals surface area contributed by atoms with Gasteiger partial charge in [0.05, 0.1) is 0 Å². The fourth-order valence-corrected chi connectivity index (χ4v) is 1.96. The van der Waals surface area contributed by atoms with E-state index in [1.807, 2.05) is 30.3 Å². The Bertz CT molecular complexity index is 658. The number of urea groups is 1. The number of carbonyl (C=O) groups excluding carboxylic acids is 1. The summed E-state index contributed by atoms with van der Waals surface area (Å²) in [5, 5.41) is 7.08. The van der Waals surface area contributed by atoms with Gasteiger partial charge in [0.1, 0.15) is 0 Å². The summed E-state index contributed by atoms with van der Waals surface area (Å²) >= 11 is 0. The molecule has 0 bridgehead atoms. The number of benzene rings is 2. The van der Waals surface area contributed by atoms with Crippen molar-refractivity contribution in [2.24, 2.45) is 15.2 Å². The summed E-state index contributed by atoms with van der Waals surface area (Å²) in [6, 6.07) is 17.8. The molecule has 0 spiro atoms. The molecule has 19 heavy (non-hydrogen) atoms. The van der Waals surface area contributed by atoms with Gasteiger partial charge in [-0.2, -0.15) is 4.99 Å². The molecule has 0 aliphatic carbocycles. The van der Waals surface area contributed by atoms with Gasteiger partial charge in [0.2, 0.25) is 0 Å². The van der Waals surface area contributed by atoms with Gasteiger partial charge in [0.25, 0.3) is 0 Å². The minimum atomic E-state index is -0.518. The van der Waals surface area contributed by atoms with Gasteiger partial charge in [-0.3, -0.25) is 0 Å². The monoisotopic (exact) mass is 249 g/mol. The van der Waals surface area contributed by atoms with Crippen LogP contribution in [-0.2, 0) is 6.42 Å². The van der Waals surface area contributed by atoms with Crippen LogP contribution in [0.15, 0.2) is 69.8 Å². The molecule has 0 saturated heterocycles. The van der Waals surface area contributed by atoms with Crippen molar-refractivity contribution in [3.63, 3.8) is 0 Å². The zero-order valence-corrected chi connectivity index (χ0v) is 10.2. The maximum absolute atomic E-state index is 10.8. The molecule has 2 aromatic carbocycles. The lowest BCUT2D eigenvalue weighted by molar-refractivity contribution is 0.257. The van der Waals surface area contributed by atoms with Crippen molar-refractivity contribution >= 4 is 11.9 Å². The first-order valence-corrected chi connectivity index (χ1v) is 5.99. The van der Waals surface area contributed by atoms with Crippen molar-refractivity contribution in [2.45, 2.75) is 6.42 Å². The lowest BCUT2D eigenvalue weighted by Gasteiger charge is -2.03. The highest BCUT2D eigenvalue weighted by Gasteiger charge is 2.10. The molecule has 2 aromatic rings. The number of nitrogens with zero attached hydrogens (tertiary/aromatic N) is 3. The summed E-state index contributed by atoms with van der Waals surface area (Å²) < 4.78 is 0. The summed E-state index contributed by atoms with van der Waals surface area (Å²) in [5.74, 6) is 0.470. The quantitative estimate of drug-likeness (QED) is 0.814. The molecule has 1 aliphatic heterocycles. The Morgan fingerprint density at radius 1 is 0.789 bits per heavy atom. The van der Waals surface area contributed by atoms with Gasteiger partial charge in [-0.05, 0) is 16.7 Å². The third-order valence-corrected chi connectivity index (χ3v) is 2.90. The Hall–Kier alpha value is -2.62. The molecule has 4 nitrogen and oxygen atoms in total. The second-order valence-corrected chi connectivity index (χ2v) is 4.25. The minimum Gasteiger partial charge on any atom is -0.242 e. The highest BCUT2D eigenvalue weighted by Crippen LogP contribution is 2.19. The van der Waals surface area contributed by atoms with E-state index in [-0.39, 0.29) is 0 Å². The molecule has 92 valence electrons. The average molecular weight is 249 g/mol.